The molecule has 6 heteroatoms. The summed E-state index contributed by atoms with van der Waals surface area (Å²) in [6.07, 6.45) is 7.55. The molecule has 0 spiro atoms. The lowest BCUT2D eigenvalue weighted by Crippen LogP contribution is -2.37. The predicted molar refractivity (Wildman–Crippen MR) is 94.0 cm³/mol. The molecule has 0 unspecified atom stereocenters. The van der Waals surface area contributed by atoms with Gasteiger partial charge in [-0.25, -0.2) is 4.98 Å². The third-order valence-electron chi connectivity index (χ3n) is 4.01. The topological polar surface area (TPSA) is 55.3 Å². The molecular weight excluding hydrogens is 322 g/mol. The van der Waals surface area contributed by atoms with Crippen molar-refractivity contribution in [1.29, 1.82) is 0 Å². The van der Waals surface area contributed by atoms with Gasteiger partial charge in [-0.05, 0) is 43.4 Å². The first kappa shape index (κ1) is 16.9. The maximum Gasteiger partial charge on any atom is 0.257 e. The molecule has 0 bridgehead atoms. The zero-order valence-corrected chi connectivity index (χ0v) is 14.5. The molecule has 2 aromatic rings. The van der Waals surface area contributed by atoms with E-state index in [2.05, 4.69) is 9.97 Å². The molecule has 1 saturated heterocycles. The van der Waals surface area contributed by atoms with Gasteiger partial charge in [-0.3, -0.25) is 9.78 Å². The molecule has 24 heavy (non-hydrogen) atoms. The maximum atomic E-state index is 13.1. The Kier molecular flexibility index (Phi) is 5.82. The SMILES string of the molecule is CSc1ncccc1C(=O)N(Cc1ccccn1)C[C@H]1CCCO1. The Morgan fingerprint density at radius 1 is 1.29 bits per heavy atom. The van der Waals surface area contributed by atoms with Crippen LogP contribution in [0, 0.1) is 0 Å². The highest BCUT2D eigenvalue weighted by Gasteiger charge is 2.25. The van der Waals surface area contributed by atoms with Gasteiger partial charge >= 0.3 is 0 Å². The first-order valence-electron chi connectivity index (χ1n) is 8.07. The minimum atomic E-state index is -0.0198. The third kappa shape index (κ3) is 4.13. The van der Waals surface area contributed by atoms with Crippen molar-refractivity contribution in [3.63, 3.8) is 0 Å². The molecule has 1 amide bonds. The van der Waals surface area contributed by atoms with Crippen LogP contribution in [-0.4, -0.2) is 46.3 Å². The lowest BCUT2D eigenvalue weighted by Gasteiger charge is -2.25. The van der Waals surface area contributed by atoms with Crippen LogP contribution in [0.25, 0.3) is 0 Å². The Labute approximate surface area is 146 Å². The average molecular weight is 343 g/mol. The van der Waals surface area contributed by atoms with Gasteiger partial charge in [0.25, 0.3) is 5.91 Å². The summed E-state index contributed by atoms with van der Waals surface area (Å²) in [6.45, 7) is 1.83. The van der Waals surface area contributed by atoms with Crippen molar-refractivity contribution in [2.45, 2.75) is 30.5 Å². The van der Waals surface area contributed by atoms with Gasteiger partial charge in [0.1, 0.15) is 5.03 Å². The molecular formula is C18H21N3O2S. The number of ether oxygens (including phenoxy) is 1. The van der Waals surface area contributed by atoms with Crippen LogP contribution in [0.3, 0.4) is 0 Å². The van der Waals surface area contributed by atoms with E-state index in [0.29, 0.717) is 18.7 Å². The largest absolute Gasteiger partial charge is 0.376 e. The summed E-state index contributed by atoms with van der Waals surface area (Å²) in [7, 11) is 0. The Balaban J connectivity index is 1.83. The zero-order valence-electron chi connectivity index (χ0n) is 13.7. The number of hydrogen-bond donors (Lipinski definition) is 0. The third-order valence-corrected chi connectivity index (χ3v) is 4.72. The minimum absolute atomic E-state index is 0.0198. The number of rotatable bonds is 6. The molecule has 0 saturated carbocycles. The van der Waals surface area contributed by atoms with Gasteiger partial charge in [0.15, 0.2) is 0 Å². The van der Waals surface area contributed by atoms with E-state index in [1.165, 1.54) is 11.8 Å². The average Bonchev–Trinajstić information content (AvgIpc) is 3.14. The van der Waals surface area contributed by atoms with Gasteiger partial charge in [-0.15, -0.1) is 11.8 Å². The van der Waals surface area contributed by atoms with Crippen molar-refractivity contribution in [3.05, 3.63) is 54.0 Å². The van der Waals surface area contributed by atoms with Gasteiger partial charge in [0, 0.05) is 25.5 Å². The van der Waals surface area contributed by atoms with Crippen LogP contribution < -0.4 is 0 Å². The van der Waals surface area contributed by atoms with Crippen LogP contribution in [0.2, 0.25) is 0 Å². The number of amides is 1. The highest BCUT2D eigenvalue weighted by atomic mass is 32.2. The Bertz CT molecular complexity index is 675. The van der Waals surface area contributed by atoms with E-state index < -0.39 is 0 Å². The van der Waals surface area contributed by atoms with E-state index in [-0.39, 0.29) is 12.0 Å². The summed E-state index contributed by atoms with van der Waals surface area (Å²) in [5, 5.41) is 0.751. The molecule has 0 radical (unpaired) electrons. The highest BCUT2D eigenvalue weighted by Crippen LogP contribution is 2.21. The van der Waals surface area contributed by atoms with Gasteiger partial charge in [-0.2, -0.15) is 0 Å². The number of carbonyl (C=O) groups is 1. The minimum Gasteiger partial charge on any atom is -0.376 e. The molecule has 1 aliphatic heterocycles. The number of pyridine rings is 2. The van der Waals surface area contributed by atoms with E-state index >= 15 is 0 Å². The van der Waals surface area contributed by atoms with E-state index in [0.717, 1.165) is 30.2 Å². The van der Waals surface area contributed by atoms with Crippen LogP contribution >= 0.6 is 11.8 Å². The van der Waals surface area contributed by atoms with Crippen molar-refractivity contribution in [2.24, 2.45) is 0 Å². The lowest BCUT2D eigenvalue weighted by atomic mass is 10.2. The van der Waals surface area contributed by atoms with Crippen molar-refractivity contribution in [2.75, 3.05) is 19.4 Å². The molecule has 126 valence electrons. The molecule has 1 fully saturated rings. The zero-order chi connectivity index (χ0) is 16.8. The van der Waals surface area contributed by atoms with E-state index in [9.17, 15) is 4.79 Å². The summed E-state index contributed by atoms with van der Waals surface area (Å²) in [4.78, 5) is 23.6. The van der Waals surface area contributed by atoms with E-state index in [4.69, 9.17) is 4.74 Å². The quantitative estimate of drug-likeness (QED) is 0.755. The standard InChI is InChI=1S/C18H21N3O2S/c1-24-17-16(8-4-10-20-17)18(22)21(13-15-7-5-11-23-15)12-14-6-2-3-9-19-14/h2-4,6,8-10,15H,5,7,11-13H2,1H3/t15-/m1/s1. The monoisotopic (exact) mass is 343 g/mol. The second-order valence-corrected chi connectivity index (χ2v) is 6.50. The fourth-order valence-corrected chi connectivity index (χ4v) is 3.37. The molecule has 5 nitrogen and oxygen atoms in total. The lowest BCUT2D eigenvalue weighted by molar-refractivity contribution is 0.0501. The Morgan fingerprint density at radius 2 is 2.17 bits per heavy atom. The van der Waals surface area contributed by atoms with Crippen molar-refractivity contribution < 1.29 is 9.53 Å². The van der Waals surface area contributed by atoms with Gasteiger partial charge < -0.3 is 9.64 Å². The van der Waals surface area contributed by atoms with Crippen LogP contribution in [0.5, 0.6) is 0 Å². The normalized spacial score (nSPS) is 17.0. The molecule has 2 aromatic heterocycles. The molecule has 3 rings (SSSR count). The molecule has 0 aromatic carbocycles. The summed E-state index contributed by atoms with van der Waals surface area (Å²) in [5.74, 6) is -0.0198. The summed E-state index contributed by atoms with van der Waals surface area (Å²) < 4.78 is 5.73. The van der Waals surface area contributed by atoms with Gasteiger partial charge in [0.05, 0.1) is 23.9 Å². The van der Waals surface area contributed by atoms with E-state index in [1.807, 2.05) is 35.4 Å². The fourth-order valence-electron chi connectivity index (χ4n) is 2.83. The number of hydrogen-bond acceptors (Lipinski definition) is 5. The highest BCUT2D eigenvalue weighted by molar-refractivity contribution is 7.98. The second kappa shape index (κ2) is 8.26. The Morgan fingerprint density at radius 3 is 2.88 bits per heavy atom. The fraction of sp³-hybridized carbons (Fsp3) is 0.389. The molecule has 0 aliphatic carbocycles. The van der Waals surface area contributed by atoms with Crippen LogP contribution in [0.1, 0.15) is 28.9 Å². The number of aromatic nitrogens is 2. The van der Waals surface area contributed by atoms with Crippen LogP contribution in [-0.2, 0) is 11.3 Å². The van der Waals surface area contributed by atoms with Crippen molar-refractivity contribution in [3.8, 4) is 0 Å². The van der Waals surface area contributed by atoms with Crippen molar-refractivity contribution >= 4 is 17.7 Å². The summed E-state index contributed by atoms with van der Waals surface area (Å²) in [6, 6.07) is 9.39. The molecule has 1 aliphatic rings. The molecule has 0 N–H and O–H groups in total. The molecule has 1 atom stereocenters. The predicted octanol–water partition coefficient (Wildman–Crippen LogP) is 3.02. The summed E-state index contributed by atoms with van der Waals surface area (Å²) >= 11 is 1.48. The van der Waals surface area contributed by atoms with Gasteiger partial charge in [-0.1, -0.05) is 6.07 Å². The first-order chi connectivity index (χ1) is 11.8. The number of thioether (sulfide) groups is 1. The van der Waals surface area contributed by atoms with Gasteiger partial charge in [0.2, 0.25) is 0 Å². The molecule has 3 heterocycles. The first-order valence-corrected chi connectivity index (χ1v) is 9.30. The Hall–Kier alpha value is -1.92. The van der Waals surface area contributed by atoms with Crippen LogP contribution in [0.15, 0.2) is 47.8 Å². The van der Waals surface area contributed by atoms with Crippen molar-refractivity contribution in [1.82, 2.24) is 14.9 Å². The van der Waals surface area contributed by atoms with Crippen LogP contribution in [0.4, 0.5) is 0 Å². The maximum absolute atomic E-state index is 13.1. The summed E-state index contributed by atoms with van der Waals surface area (Å²) in [5.41, 5.74) is 1.51. The van der Waals surface area contributed by atoms with E-state index in [1.54, 1.807) is 18.5 Å². The smallest absolute Gasteiger partial charge is 0.257 e. The second-order valence-electron chi connectivity index (χ2n) is 5.70. The number of carbonyl (C=O) groups excluding carboxylic acids is 1. The number of nitrogens with zero attached hydrogens (tertiary/aromatic N) is 3.